The van der Waals surface area contributed by atoms with Crippen molar-refractivity contribution in [1.29, 1.82) is 0 Å². The summed E-state index contributed by atoms with van der Waals surface area (Å²) in [6, 6.07) is 0. The molecule has 0 unspecified atom stereocenters. The highest BCUT2D eigenvalue weighted by atomic mass is 32.2. The fourth-order valence-corrected chi connectivity index (χ4v) is 3.19. The molecule has 0 aromatic carbocycles. The molecule has 0 aromatic rings. The lowest BCUT2D eigenvalue weighted by molar-refractivity contribution is 0.0476. The maximum Gasteiger partial charge on any atom is 0.408 e. The molecule has 28 heavy (non-hydrogen) atoms. The van der Waals surface area contributed by atoms with Crippen molar-refractivity contribution in [3.8, 4) is 0 Å². The van der Waals surface area contributed by atoms with Crippen LogP contribution in [0.5, 0.6) is 0 Å². The summed E-state index contributed by atoms with van der Waals surface area (Å²) in [6.45, 7) is 15.5. The Morgan fingerprint density at radius 2 is 1.71 bits per heavy atom. The van der Waals surface area contributed by atoms with Crippen LogP contribution in [0.3, 0.4) is 0 Å². The van der Waals surface area contributed by atoms with E-state index in [4.69, 9.17) is 4.74 Å². The number of ether oxygens (including phenoxy) is 1. The molecule has 0 radical (unpaired) electrons. The number of carbonyl (C=O) groups excluding carboxylic acids is 1. The van der Waals surface area contributed by atoms with Gasteiger partial charge in [-0.3, -0.25) is 4.99 Å². The highest BCUT2D eigenvalue weighted by Gasteiger charge is 2.24. The molecule has 3 N–H and O–H groups in total. The Hall–Kier alpha value is -1.55. The highest BCUT2D eigenvalue weighted by molar-refractivity contribution is 7.88. The zero-order chi connectivity index (χ0) is 22.0. The van der Waals surface area contributed by atoms with Gasteiger partial charge < -0.3 is 20.7 Å². The molecule has 0 bridgehead atoms. The predicted molar refractivity (Wildman–Crippen MR) is 114 cm³/mol. The fraction of sp³-hybridized carbons (Fsp3) is 0.889. The van der Waals surface area contributed by atoms with Crippen molar-refractivity contribution in [3.05, 3.63) is 0 Å². The second kappa shape index (κ2) is 11.5. The molecule has 0 fully saturated rings. The Balaban J connectivity index is 4.64. The predicted octanol–water partition coefficient (Wildman–Crippen LogP) is 1.52. The number of hydrogen-bond acceptors (Lipinski definition) is 5. The van der Waals surface area contributed by atoms with E-state index < -0.39 is 27.3 Å². The summed E-state index contributed by atoms with van der Waals surface area (Å²) in [5, 5.41) is 9.15. The van der Waals surface area contributed by atoms with Gasteiger partial charge in [0.1, 0.15) is 5.60 Å². The quantitative estimate of drug-likeness (QED) is 0.280. The molecule has 1 amide bonds. The van der Waals surface area contributed by atoms with Gasteiger partial charge in [-0.05, 0) is 48.0 Å². The lowest BCUT2D eigenvalue weighted by Crippen LogP contribution is -2.49. The number of alkyl carbamates (subject to hydrolysis) is 1. The molecule has 0 saturated carbocycles. The minimum atomic E-state index is -3.17. The van der Waals surface area contributed by atoms with Crippen molar-refractivity contribution in [2.45, 2.75) is 66.0 Å². The number of amides is 1. The summed E-state index contributed by atoms with van der Waals surface area (Å²) in [4.78, 5) is 16.5. The third-order valence-corrected chi connectivity index (χ3v) is 4.89. The molecule has 0 aromatic heterocycles. The summed E-state index contributed by atoms with van der Waals surface area (Å²) >= 11 is 0. The lowest BCUT2D eigenvalue weighted by Gasteiger charge is -2.27. The number of nitrogens with one attached hydrogen (secondary N) is 3. The highest BCUT2D eigenvalue weighted by Crippen LogP contribution is 2.09. The number of sulfonamides is 1. The normalized spacial score (nSPS) is 13.4. The smallest absolute Gasteiger partial charge is 0.408 e. The average Bonchev–Trinajstić information content (AvgIpc) is 2.48. The maximum atomic E-state index is 12.0. The Morgan fingerprint density at radius 1 is 1.11 bits per heavy atom. The van der Waals surface area contributed by atoms with Crippen LogP contribution in [0.1, 0.15) is 54.9 Å². The van der Waals surface area contributed by atoms with E-state index in [1.54, 1.807) is 0 Å². The second-order valence-electron chi connectivity index (χ2n) is 8.24. The molecule has 0 aliphatic rings. The molecule has 9 nitrogen and oxygen atoms in total. The van der Waals surface area contributed by atoms with E-state index in [-0.39, 0.29) is 0 Å². The van der Waals surface area contributed by atoms with Gasteiger partial charge in [0.25, 0.3) is 0 Å². The molecular formula is C18H39N5O4S. The summed E-state index contributed by atoms with van der Waals surface area (Å²) in [6.07, 6.45) is 1.39. The van der Waals surface area contributed by atoms with Crippen LogP contribution >= 0.6 is 0 Å². The Labute approximate surface area is 170 Å². The Morgan fingerprint density at radius 3 is 2.18 bits per heavy atom. The van der Waals surface area contributed by atoms with Gasteiger partial charge in [0.15, 0.2) is 5.96 Å². The number of guanidine groups is 1. The molecule has 166 valence electrons. The SMILES string of the molecule is CCNC(=NCC(C)(C)NC(=O)OC(C)(C)C)NCCCN(CC)S(C)(=O)=O. The van der Waals surface area contributed by atoms with Crippen LogP contribution in [-0.2, 0) is 14.8 Å². The number of aliphatic imine (C=N–C) groups is 1. The zero-order valence-electron chi connectivity index (χ0n) is 18.7. The Bertz CT molecular complexity index is 612. The first kappa shape index (κ1) is 26.4. The van der Waals surface area contributed by atoms with Gasteiger partial charge in [-0.1, -0.05) is 6.92 Å². The van der Waals surface area contributed by atoms with Gasteiger partial charge in [-0.15, -0.1) is 0 Å². The lowest BCUT2D eigenvalue weighted by atomic mass is 10.1. The molecule has 0 aliphatic heterocycles. The van der Waals surface area contributed by atoms with Gasteiger partial charge in [-0.2, -0.15) is 0 Å². The minimum Gasteiger partial charge on any atom is -0.444 e. The first-order valence-electron chi connectivity index (χ1n) is 9.68. The second-order valence-corrected chi connectivity index (χ2v) is 10.2. The molecule has 0 aliphatic carbocycles. The maximum absolute atomic E-state index is 12.0. The molecule has 0 atom stereocenters. The van der Waals surface area contributed by atoms with Gasteiger partial charge >= 0.3 is 6.09 Å². The van der Waals surface area contributed by atoms with Crippen molar-refractivity contribution >= 4 is 22.1 Å². The van der Waals surface area contributed by atoms with Crippen molar-refractivity contribution in [1.82, 2.24) is 20.3 Å². The summed E-state index contributed by atoms with van der Waals surface area (Å²) in [5.41, 5.74) is -1.14. The molecule has 0 spiro atoms. The van der Waals surface area contributed by atoms with E-state index in [9.17, 15) is 13.2 Å². The molecular weight excluding hydrogens is 382 g/mol. The van der Waals surface area contributed by atoms with Gasteiger partial charge in [0.2, 0.25) is 10.0 Å². The summed E-state index contributed by atoms with van der Waals surface area (Å²) in [7, 11) is -3.17. The van der Waals surface area contributed by atoms with Gasteiger partial charge in [-0.25, -0.2) is 17.5 Å². The summed E-state index contributed by atoms with van der Waals surface area (Å²) in [5.74, 6) is 0.615. The van der Waals surface area contributed by atoms with Crippen LogP contribution in [0.2, 0.25) is 0 Å². The van der Waals surface area contributed by atoms with E-state index in [1.807, 2.05) is 48.5 Å². The van der Waals surface area contributed by atoms with Crippen LogP contribution in [0.4, 0.5) is 4.79 Å². The average molecular weight is 422 g/mol. The Kier molecular flexibility index (Phi) is 10.8. The van der Waals surface area contributed by atoms with Crippen molar-refractivity contribution in [2.24, 2.45) is 4.99 Å². The molecule has 10 heteroatoms. The third-order valence-electron chi connectivity index (χ3n) is 3.51. The zero-order valence-corrected chi connectivity index (χ0v) is 19.5. The minimum absolute atomic E-state index is 0.353. The van der Waals surface area contributed by atoms with Gasteiger partial charge in [0, 0.05) is 26.2 Å². The van der Waals surface area contributed by atoms with E-state index >= 15 is 0 Å². The first-order valence-corrected chi connectivity index (χ1v) is 11.5. The van der Waals surface area contributed by atoms with Crippen LogP contribution in [-0.4, -0.2) is 74.9 Å². The largest absolute Gasteiger partial charge is 0.444 e. The number of rotatable bonds is 10. The van der Waals surface area contributed by atoms with Crippen LogP contribution in [0.25, 0.3) is 0 Å². The first-order chi connectivity index (χ1) is 12.7. The van der Waals surface area contributed by atoms with Crippen LogP contribution < -0.4 is 16.0 Å². The fourth-order valence-electron chi connectivity index (χ4n) is 2.26. The number of hydrogen-bond donors (Lipinski definition) is 3. The van der Waals surface area contributed by atoms with E-state index in [0.29, 0.717) is 45.1 Å². The molecule has 0 saturated heterocycles. The van der Waals surface area contributed by atoms with Gasteiger partial charge in [0.05, 0.1) is 18.3 Å². The standard InChI is InChI=1S/C18H39N5O4S/c1-9-19-15(20-12-11-13-23(10-2)28(8,25)26)21-14-18(6,7)22-16(24)27-17(3,4)5/h9-14H2,1-8H3,(H,22,24)(H2,19,20,21). The van der Waals surface area contributed by atoms with Crippen molar-refractivity contribution < 1.29 is 17.9 Å². The molecule has 0 rings (SSSR count). The van der Waals surface area contributed by atoms with E-state index in [2.05, 4.69) is 20.9 Å². The van der Waals surface area contributed by atoms with E-state index in [0.717, 1.165) is 0 Å². The van der Waals surface area contributed by atoms with Crippen LogP contribution in [0.15, 0.2) is 4.99 Å². The summed E-state index contributed by atoms with van der Waals surface area (Å²) < 4.78 is 29.9. The third kappa shape index (κ3) is 12.8. The molecule has 0 heterocycles. The topological polar surface area (TPSA) is 112 Å². The van der Waals surface area contributed by atoms with E-state index in [1.165, 1.54) is 10.6 Å². The van der Waals surface area contributed by atoms with Crippen molar-refractivity contribution in [3.63, 3.8) is 0 Å². The van der Waals surface area contributed by atoms with Crippen LogP contribution in [0, 0.1) is 0 Å². The number of nitrogens with zero attached hydrogens (tertiary/aromatic N) is 2. The van der Waals surface area contributed by atoms with Crippen molar-refractivity contribution in [2.75, 3.05) is 39.0 Å². The number of carbonyl (C=O) groups is 1. The monoisotopic (exact) mass is 421 g/mol.